The molecule has 92 valence electrons. The Labute approximate surface area is 93.3 Å². The second-order valence-electron chi connectivity index (χ2n) is 3.29. The van der Waals surface area contributed by atoms with Gasteiger partial charge in [-0.05, 0) is 26.4 Å². The summed E-state index contributed by atoms with van der Waals surface area (Å²) in [6, 6.07) is 0. The van der Waals surface area contributed by atoms with Crippen LogP contribution in [0.25, 0.3) is 0 Å². The molecule has 4 heteroatoms. The van der Waals surface area contributed by atoms with Crippen molar-refractivity contribution in [1.82, 2.24) is 5.32 Å². The van der Waals surface area contributed by atoms with Gasteiger partial charge in [-0.1, -0.05) is 6.92 Å². The van der Waals surface area contributed by atoms with Crippen LogP contribution >= 0.6 is 0 Å². The van der Waals surface area contributed by atoms with E-state index in [1.807, 2.05) is 7.05 Å². The van der Waals surface area contributed by atoms with Crippen molar-refractivity contribution in [2.75, 3.05) is 53.2 Å². The normalized spacial score (nSPS) is 10.8. The second kappa shape index (κ2) is 13.8. The third kappa shape index (κ3) is 13.8. The van der Waals surface area contributed by atoms with E-state index in [-0.39, 0.29) is 0 Å². The fourth-order valence-electron chi connectivity index (χ4n) is 1.04. The van der Waals surface area contributed by atoms with E-state index in [1.165, 1.54) is 0 Å². The zero-order valence-electron chi connectivity index (χ0n) is 10.1. The Morgan fingerprint density at radius 1 is 0.800 bits per heavy atom. The zero-order valence-corrected chi connectivity index (χ0v) is 10.1. The summed E-state index contributed by atoms with van der Waals surface area (Å²) in [6.07, 6.45) is 2.12. The van der Waals surface area contributed by atoms with Gasteiger partial charge in [-0.25, -0.2) is 0 Å². The molecule has 15 heavy (non-hydrogen) atoms. The summed E-state index contributed by atoms with van der Waals surface area (Å²) in [6.45, 7) is 7.42. The molecule has 1 N–H and O–H groups in total. The van der Waals surface area contributed by atoms with Gasteiger partial charge in [0, 0.05) is 13.2 Å². The van der Waals surface area contributed by atoms with E-state index < -0.39 is 0 Å². The fourth-order valence-corrected chi connectivity index (χ4v) is 1.04. The van der Waals surface area contributed by atoms with Crippen molar-refractivity contribution in [2.24, 2.45) is 0 Å². The van der Waals surface area contributed by atoms with Crippen LogP contribution in [0.3, 0.4) is 0 Å². The molecule has 0 aliphatic heterocycles. The molecule has 0 spiro atoms. The zero-order chi connectivity index (χ0) is 11.2. The third-order valence-electron chi connectivity index (χ3n) is 1.81. The largest absolute Gasteiger partial charge is 0.379 e. The molecule has 0 aliphatic rings. The minimum atomic E-state index is 0.662. The molecule has 0 bridgehead atoms. The Hall–Kier alpha value is -0.160. The van der Waals surface area contributed by atoms with Gasteiger partial charge in [0.15, 0.2) is 0 Å². The maximum atomic E-state index is 5.36. The van der Waals surface area contributed by atoms with Crippen molar-refractivity contribution in [3.63, 3.8) is 0 Å². The van der Waals surface area contributed by atoms with Gasteiger partial charge in [0.1, 0.15) is 0 Å². The number of hydrogen-bond acceptors (Lipinski definition) is 4. The highest BCUT2D eigenvalue weighted by Crippen LogP contribution is 1.84. The molecule has 0 radical (unpaired) electrons. The number of nitrogens with one attached hydrogen (secondary N) is 1. The number of hydrogen-bond donors (Lipinski definition) is 1. The van der Waals surface area contributed by atoms with Crippen LogP contribution in [0.2, 0.25) is 0 Å². The Balaban J connectivity index is 2.81. The van der Waals surface area contributed by atoms with Crippen molar-refractivity contribution in [3.8, 4) is 0 Å². The average molecular weight is 219 g/mol. The number of ether oxygens (including phenoxy) is 3. The molecule has 0 saturated heterocycles. The predicted molar refractivity (Wildman–Crippen MR) is 61.3 cm³/mol. The molecule has 0 heterocycles. The molecular formula is C11H25NO3. The summed E-state index contributed by atoms with van der Waals surface area (Å²) >= 11 is 0. The quantitative estimate of drug-likeness (QED) is 0.498. The van der Waals surface area contributed by atoms with Gasteiger partial charge in [-0.2, -0.15) is 0 Å². The first-order valence-electron chi connectivity index (χ1n) is 5.79. The van der Waals surface area contributed by atoms with Crippen LogP contribution in [0.4, 0.5) is 0 Å². The molecule has 4 nitrogen and oxygen atoms in total. The van der Waals surface area contributed by atoms with E-state index in [9.17, 15) is 0 Å². The molecule has 0 aliphatic carbocycles. The maximum absolute atomic E-state index is 5.36. The fraction of sp³-hybridized carbons (Fsp3) is 1.00. The Bertz CT molecular complexity index is 100. The van der Waals surface area contributed by atoms with E-state index in [0.29, 0.717) is 26.4 Å². The molecule has 0 amide bonds. The highest BCUT2D eigenvalue weighted by Gasteiger charge is 1.90. The number of rotatable bonds is 12. The Kier molecular flexibility index (Phi) is 13.7. The highest BCUT2D eigenvalue weighted by molar-refractivity contribution is 4.39. The summed E-state index contributed by atoms with van der Waals surface area (Å²) < 4.78 is 15.9. The van der Waals surface area contributed by atoms with Crippen molar-refractivity contribution in [1.29, 1.82) is 0 Å². The van der Waals surface area contributed by atoms with E-state index >= 15 is 0 Å². The van der Waals surface area contributed by atoms with Crippen molar-refractivity contribution in [3.05, 3.63) is 0 Å². The van der Waals surface area contributed by atoms with Crippen LogP contribution < -0.4 is 5.32 Å². The summed E-state index contributed by atoms with van der Waals surface area (Å²) in [5, 5.41) is 3.07. The lowest BCUT2D eigenvalue weighted by molar-refractivity contribution is 0.0144. The van der Waals surface area contributed by atoms with Gasteiger partial charge in [0.05, 0.1) is 26.4 Å². The molecule has 0 aromatic carbocycles. The van der Waals surface area contributed by atoms with Crippen LogP contribution in [0.1, 0.15) is 19.8 Å². The van der Waals surface area contributed by atoms with Gasteiger partial charge in [0.2, 0.25) is 0 Å². The van der Waals surface area contributed by atoms with E-state index in [1.54, 1.807) is 0 Å². The molecule has 0 atom stereocenters. The molecule has 0 unspecified atom stereocenters. The van der Waals surface area contributed by atoms with E-state index in [4.69, 9.17) is 14.2 Å². The maximum Gasteiger partial charge on any atom is 0.0701 e. The van der Waals surface area contributed by atoms with E-state index in [2.05, 4.69) is 12.2 Å². The lowest BCUT2D eigenvalue weighted by atomic mass is 10.4. The molecule has 0 saturated carbocycles. The first-order valence-corrected chi connectivity index (χ1v) is 5.79. The average Bonchev–Trinajstić information content (AvgIpc) is 2.26. The monoisotopic (exact) mass is 219 g/mol. The van der Waals surface area contributed by atoms with Crippen LogP contribution in [0.5, 0.6) is 0 Å². The van der Waals surface area contributed by atoms with Gasteiger partial charge < -0.3 is 19.5 Å². The first-order chi connectivity index (χ1) is 7.41. The summed E-state index contributed by atoms with van der Waals surface area (Å²) in [7, 11) is 1.94. The smallest absolute Gasteiger partial charge is 0.0701 e. The lowest BCUT2D eigenvalue weighted by Gasteiger charge is -2.06. The summed E-state index contributed by atoms with van der Waals surface area (Å²) in [5.74, 6) is 0. The van der Waals surface area contributed by atoms with Crippen molar-refractivity contribution >= 4 is 0 Å². The molecule has 0 rings (SSSR count). The molecular weight excluding hydrogens is 194 g/mol. The van der Waals surface area contributed by atoms with Crippen molar-refractivity contribution in [2.45, 2.75) is 19.8 Å². The van der Waals surface area contributed by atoms with Crippen LogP contribution in [0.15, 0.2) is 0 Å². The summed E-state index contributed by atoms with van der Waals surface area (Å²) in [5.41, 5.74) is 0. The van der Waals surface area contributed by atoms with Crippen LogP contribution in [0, 0.1) is 0 Å². The topological polar surface area (TPSA) is 39.7 Å². The van der Waals surface area contributed by atoms with Crippen LogP contribution in [-0.4, -0.2) is 53.2 Å². The second-order valence-corrected chi connectivity index (χ2v) is 3.29. The predicted octanol–water partition coefficient (Wildman–Crippen LogP) is 1.06. The van der Waals surface area contributed by atoms with Crippen LogP contribution in [-0.2, 0) is 14.2 Å². The molecule has 0 fully saturated rings. The highest BCUT2D eigenvalue weighted by atomic mass is 16.5. The standard InChI is InChI=1S/C11H25NO3/c1-3-6-13-8-10-15-11-9-14-7-4-5-12-2/h12H,3-11H2,1-2H3. The Morgan fingerprint density at radius 2 is 1.33 bits per heavy atom. The lowest BCUT2D eigenvalue weighted by Crippen LogP contribution is -2.13. The first kappa shape index (κ1) is 14.8. The minimum Gasteiger partial charge on any atom is -0.379 e. The molecule has 0 aromatic heterocycles. The van der Waals surface area contributed by atoms with Gasteiger partial charge >= 0.3 is 0 Å². The third-order valence-corrected chi connectivity index (χ3v) is 1.81. The minimum absolute atomic E-state index is 0.662. The summed E-state index contributed by atoms with van der Waals surface area (Å²) in [4.78, 5) is 0. The SMILES string of the molecule is CCCOCCOCCOCCCNC. The van der Waals surface area contributed by atoms with Gasteiger partial charge in [-0.3, -0.25) is 0 Å². The van der Waals surface area contributed by atoms with Gasteiger partial charge in [-0.15, -0.1) is 0 Å². The molecule has 0 aromatic rings. The van der Waals surface area contributed by atoms with Crippen molar-refractivity contribution < 1.29 is 14.2 Å². The Morgan fingerprint density at radius 3 is 1.87 bits per heavy atom. The van der Waals surface area contributed by atoms with E-state index in [0.717, 1.165) is 32.6 Å². The van der Waals surface area contributed by atoms with Gasteiger partial charge in [0.25, 0.3) is 0 Å².